The van der Waals surface area contributed by atoms with Gasteiger partial charge >= 0.3 is 0 Å². The number of nitrogens with zero attached hydrogens (tertiary/aromatic N) is 2. The van der Waals surface area contributed by atoms with E-state index in [0.717, 1.165) is 5.56 Å². The van der Waals surface area contributed by atoms with Crippen LogP contribution in [0.15, 0.2) is 59.8 Å². The minimum absolute atomic E-state index is 0.267. The van der Waals surface area contributed by atoms with E-state index in [1.807, 2.05) is 12.1 Å². The van der Waals surface area contributed by atoms with Crippen molar-refractivity contribution in [2.45, 2.75) is 29.9 Å². The summed E-state index contributed by atoms with van der Waals surface area (Å²) in [5.74, 6) is 0. The molecule has 2 heterocycles. The number of hydrogen-bond acceptors (Lipinski definition) is 4. The van der Waals surface area contributed by atoms with Crippen molar-refractivity contribution in [2.75, 3.05) is 6.54 Å². The van der Waals surface area contributed by atoms with E-state index in [2.05, 4.69) is 4.98 Å². The van der Waals surface area contributed by atoms with Crippen molar-refractivity contribution in [3.05, 3.63) is 60.4 Å². The summed E-state index contributed by atoms with van der Waals surface area (Å²) in [5, 5.41) is 10.2. The summed E-state index contributed by atoms with van der Waals surface area (Å²) in [4.78, 5) is 4.23. The van der Waals surface area contributed by atoms with E-state index < -0.39 is 22.2 Å². The Hall–Kier alpha value is -1.76. The van der Waals surface area contributed by atoms with E-state index in [0.29, 0.717) is 19.4 Å². The number of benzene rings is 1. The average molecular weight is 318 g/mol. The molecule has 0 radical (unpaired) electrons. The van der Waals surface area contributed by atoms with Gasteiger partial charge in [0.15, 0.2) is 0 Å². The molecular formula is C16H18N2O3S. The molecule has 2 atom stereocenters. The maximum atomic E-state index is 12.8. The first-order valence-electron chi connectivity index (χ1n) is 7.23. The first kappa shape index (κ1) is 15.1. The van der Waals surface area contributed by atoms with Gasteiger partial charge in [0.05, 0.1) is 17.0 Å². The fourth-order valence-electron chi connectivity index (χ4n) is 2.83. The van der Waals surface area contributed by atoms with Crippen molar-refractivity contribution < 1.29 is 13.5 Å². The Balaban J connectivity index is 1.89. The second-order valence-electron chi connectivity index (χ2n) is 5.41. The Bertz CT molecular complexity index is 720. The molecule has 0 aliphatic carbocycles. The van der Waals surface area contributed by atoms with Crippen LogP contribution < -0.4 is 0 Å². The highest BCUT2D eigenvalue weighted by molar-refractivity contribution is 7.89. The Labute approximate surface area is 130 Å². The maximum Gasteiger partial charge on any atom is 0.243 e. The first-order chi connectivity index (χ1) is 10.6. The molecule has 1 aromatic carbocycles. The van der Waals surface area contributed by atoms with E-state index in [1.165, 1.54) is 4.31 Å². The summed E-state index contributed by atoms with van der Waals surface area (Å²) >= 11 is 0. The minimum atomic E-state index is -3.58. The second-order valence-corrected chi connectivity index (χ2v) is 7.30. The number of sulfonamides is 1. The predicted octanol–water partition coefficient (Wildman–Crippen LogP) is 1.45. The molecule has 1 fully saturated rings. The van der Waals surface area contributed by atoms with Gasteiger partial charge in [-0.15, -0.1) is 0 Å². The molecule has 116 valence electrons. The average Bonchev–Trinajstić information content (AvgIpc) is 2.91. The summed E-state index contributed by atoms with van der Waals surface area (Å²) in [6, 6.07) is 11.6. The van der Waals surface area contributed by atoms with Crippen LogP contribution in [0.2, 0.25) is 0 Å². The number of aromatic nitrogens is 1. The van der Waals surface area contributed by atoms with E-state index in [4.69, 9.17) is 0 Å². The zero-order chi connectivity index (χ0) is 15.6. The summed E-state index contributed by atoms with van der Waals surface area (Å²) < 4.78 is 27.0. The molecule has 0 spiro atoms. The van der Waals surface area contributed by atoms with Crippen molar-refractivity contribution in [2.24, 2.45) is 0 Å². The lowest BCUT2D eigenvalue weighted by atomic mass is 10.0. The summed E-state index contributed by atoms with van der Waals surface area (Å²) in [5.41, 5.74) is 0.967. The molecule has 1 aliphatic heterocycles. The highest BCUT2D eigenvalue weighted by Crippen LogP contribution is 2.28. The number of pyridine rings is 1. The third-order valence-electron chi connectivity index (χ3n) is 4.00. The minimum Gasteiger partial charge on any atom is -0.391 e. The zero-order valence-corrected chi connectivity index (χ0v) is 12.9. The van der Waals surface area contributed by atoms with Crippen molar-refractivity contribution in [1.29, 1.82) is 0 Å². The van der Waals surface area contributed by atoms with Crippen LogP contribution in [0.3, 0.4) is 0 Å². The number of rotatable bonds is 4. The molecule has 0 saturated carbocycles. The topological polar surface area (TPSA) is 70.5 Å². The molecular weight excluding hydrogens is 300 g/mol. The highest BCUT2D eigenvalue weighted by Gasteiger charge is 2.40. The van der Waals surface area contributed by atoms with Crippen LogP contribution in [0.5, 0.6) is 0 Å². The normalized spacial score (nSPS) is 22.8. The van der Waals surface area contributed by atoms with Gasteiger partial charge in [0.1, 0.15) is 0 Å². The number of aliphatic hydroxyl groups is 1. The molecule has 1 N–H and O–H groups in total. The van der Waals surface area contributed by atoms with Gasteiger partial charge < -0.3 is 5.11 Å². The standard InChI is InChI=1S/C16H18N2O3S/c19-16-8-11-18(15(16)12-13-6-9-17-10-7-13)22(20,21)14-4-2-1-3-5-14/h1-7,9-10,15-16,19H,8,11-12H2/t15-,16+/m0/s1. The molecule has 3 rings (SSSR count). The van der Waals surface area contributed by atoms with Gasteiger partial charge in [-0.3, -0.25) is 4.98 Å². The Kier molecular flexibility index (Phi) is 4.24. The lowest BCUT2D eigenvalue weighted by Gasteiger charge is -2.25. The Morgan fingerprint density at radius 1 is 1.14 bits per heavy atom. The van der Waals surface area contributed by atoms with Crippen LogP contribution >= 0.6 is 0 Å². The number of aliphatic hydroxyl groups excluding tert-OH is 1. The molecule has 22 heavy (non-hydrogen) atoms. The molecule has 0 amide bonds. The third kappa shape index (κ3) is 2.90. The summed E-state index contributed by atoms with van der Waals surface area (Å²) in [6.45, 7) is 0.341. The highest BCUT2D eigenvalue weighted by atomic mass is 32.2. The van der Waals surface area contributed by atoms with E-state index >= 15 is 0 Å². The molecule has 1 saturated heterocycles. The third-order valence-corrected chi connectivity index (χ3v) is 5.94. The molecule has 5 nitrogen and oxygen atoms in total. The SMILES string of the molecule is O=S(=O)(c1ccccc1)N1CC[C@@H](O)[C@@H]1Cc1ccncc1. The summed E-state index contributed by atoms with van der Waals surface area (Å²) in [7, 11) is -3.58. The fourth-order valence-corrected chi connectivity index (χ4v) is 4.52. The molecule has 2 aromatic rings. The van der Waals surface area contributed by atoms with Crippen molar-refractivity contribution >= 4 is 10.0 Å². The van der Waals surface area contributed by atoms with E-state index in [-0.39, 0.29) is 4.90 Å². The van der Waals surface area contributed by atoms with Gasteiger partial charge in [-0.05, 0) is 42.7 Å². The molecule has 1 aliphatic rings. The van der Waals surface area contributed by atoms with Crippen LogP contribution in [0.1, 0.15) is 12.0 Å². The van der Waals surface area contributed by atoms with Crippen molar-refractivity contribution in [3.63, 3.8) is 0 Å². The number of hydrogen-bond donors (Lipinski definition) is 1. The zero-order valence-electron chi connectivity index (χ0n) is 12.0. The maximum absolute atomic E-state index is 12.8. The largest absolute Gasteiger partial charge is 0.391 e. The smallest absolute Gasteiger partial charge is 0.243 e. The summed E-state index contributed by atoms with van der Waals surface area (Å²) in [6.07, 6.45) is 3.64. The fraction of sp³-hybridized carbons (Fsp3) is 0.312. The van der Waals surface area contributed by atoms with Crippen LogP contribution in [0, 0.1) is 0 Å². The molecule has 0 unspecified atom stereocenters. The molecule has 6 heteroatoms. The van der Waals surface area contributed by atoms with E-state index in [9.17, 15) is 13.5 Å². The van der Waals surface area contributed by atoms with Gasteiger partial charge in [-0.1, -0.05) is 18.2 Å². The van der Waals surface area contributed by atoms with Crippen LogP contribution in [-0.4, -0.2) is 41.5 Å². The lowest BCUT2D eigenvalue weighted by molar-refractivity contribution is 0.142. The second kappa shape index (κ2) is 6.16. The van der Waals surface area contributed by atoms with Crippen LogP contribution in [0.25, 0.3) is 0 Å². The predicted molar refractivity (Wildman–Crippen MR) is 82.7 cm³/mol. The van der Waals surface area contributed by atoms with Crippen LogP contribution in [0.4, 0.5) is 0 Å². The van der Waals surface area contributed by atoms with Crippen molar-refractivity contribution in [3.8, 4) is 0 Å². The van der Waals surface area contributed by atoms with Gasteiger partial charge in [-0.2, -0.15) is 4.31 Å². The van der Waals surface area contributed by atoms with Crippen LogP contribution in [-0.2, 0) is 16.4 Å². The van der Waals surface area contributed by atoms with Gasteiger partial charge in [0, 0.05) is 18.9 Å². The first-order valence-corrected chi connectivity index (χ1v) is 8.67. The Morgan fingerprint density at radius 3 is 2.50 bits per heavy atom. The van der Waals surface area contributed by atoms with Gasteiger partial charge in [0.25, 0.3) is 0 Å². The quantitative estimate of drug-likeness (QED) is 0.926. The molecule has 0 bridgehead atoms. The van der Waals surface area contributed by atoms with E-state index in [1.54, 1.807) is 42.7 Å². The van der Waals surface area contributed by atoms with Crippen molar-refractivity contribution in [1.82, 2.24) is 9.29 Å². The lowest BCUT2D eigenvalue weighted by Crippen LogP contribution is -2.41. The monoisotopic (exact) mass is 318 g/mol. The van der Waals surface area contributed by atoms with Gasteiger partial charge in [-0.25, -0.2) is 8.42 Å². The Morgan fingerprint density at radius 2 is 1.82 bits per heavy atom. The van der Waals surface area contributed by atoms with Gasteiger partial charge in [0.2, 0.25) is 10.0 Å². The molecule has 1 aromatic heterocycles.